The van der Waals surface area contributed by atoms with E-state index < -0.39 is 17.8 Å². The number of nitrogens with zero attached hydrogens (tertiary/aromatic N) is 4. The largest absolute Gasteiger partial charge is 0.419 e. The van der Waals surface area contributed by atoms with E-state index in [1.807, 2.05) is 9.80 Å². The molecule has 3 heterocycles. The van der Waals surface area contributed by atoms with E-state index in [4.69, 9.17) is 10.5 Å². The first-order chi connectivity index (χ1) is 12.4. The SMILES string of the molecule is NCCOC1CCN(C2CCN(c3ncc(C(F)(F)F)cn3)CC2)C1=O. The van der Waals surface area contributed by atoms with Gasteiger partial charge in [0, 0.05) is 51.0 Å². The molecule has 2 N–H and O–H groups in total. The number of amides is 1. The normalized spacial score (nSPS) is 22.3. The molecule has 0 aliphatic carbocycles. The van der Waals surface area contributed by atoms with Gasteiger partial charge in [0.15, 0.2) is 0 Å². The van der Waals surface area contributed by atoms with Gasteiger partial charge in [0.1, 0.15) is 6.10 Å². The van der Waals surface area contributed by atoms with Gasteiger partial charge < -0.3 is 20.3 Å². The van der Waals surface area contributed by atoms with Crippen LogP contribution in [0.3, 0.4) is 0 Å². The van der Waals surface area contributed by atoms with Crippen LogP contribution in [0, 0.1) is 0 Å². The number of carbonyl (C=O) groups is 1. The Bertz CT molecular complexity index is 617. The lowest BCUT2D eigenvalue weighted by Crippen LogP contribution is -2.47. The lowest BCUT2D eigenvalue weighted by Gasteiger charge is -2.36. The number of halogens is 3. The summed E-state index contributed by atoms with van der Waals surface area (Å²) >= 11 is 0. The molecule has 10 heteroatoms. The van der Waals surface area contributed by atoms with Gasteiger partial charge >= 0.3 is 6.18 Å². The molecule has 0 saturated carbocycles. The maximum atomic E-state index is 12.6. The van der Waals surface area contributed by atoms with Gasteiger partial charge in [-0.3, -0.25) is 4.79 Å². The van der Waals surface area contributed by atoms with Crippen molar-refractivity contribution in [2.75, 3.05) is 37.7 Å². The fourth-order valence-corrected chi connectivity index (χ4v) is 3.41. The van der Waals surface area contributed by atoms with E-state index in [1.165, 1.54) is 0 Å². The maximum absolute atomic E-state index is 12.6. The third-order valence-electron chi connectivity index (χ3n) is 4.78. The fourth-order valence-electron chi connectivity index (χ4n) is 3.41. The van der Waals surface area contributed by atoms with Crippen molar-refractivity contribution in [2.45, 2.75) is 37.6 Å². The molecule has 1 atom stereocenters. The van der Waals surface area contributed by atoms with Crippen LogP contribution in [0.25, 0.3) is 0 Å². The summed E-state index contributed by atoms with van der Waals surface area (Å²) in [6, 6.07) is 0.111. The Morgan fingerprint density at radius 2 is 1.81 bits per heavy atom. The first-order valence-electron chi connectivity index (χ1n) is 8.66. The molecule has 1 aromatic heterocycles. The summed E-state index contributed by atoms with van der Waals surface area (Å²) in [5.41, 5.74) is 4.54. The summed E-state index contributed by atoms with van der Waals surface area (Å²) in [5.74, 6) is 0.288. The number of alkyl halides is 3. The highest BCUT2D eigenvalue weighted by atomic mass is 19.4. The Hall–Kier alpha value is -1.94. The lowest BCUT2D eigenvalue weighted by molar-refractivity contribution is -0.139. The summed E-state index contributed by atoms with van der Waals surface area (Å²) in [4.78, 5) is 23.8. The third kappa shape index (κ3) is 4.07. The van der Waals surface area contributed by atoms with Crippen molar-refractivity contribution in [3.05, 3.63) is 18.0 Å². The molecule has 1 amide bonds. The van der Waals surface area contributed by atoms with Crippen LogP contribution in [-0.2, 0) is 15.7 Å². The number of hydrogen-bond acceptors (Lipinski definition) is 6. The van der Waals surface area contributed by atoms with Crippen molar-refractivity contribution < 1.29 is 22.7 Å². The molecule has 1 aromatic rings. The molecular weight excluding hydrogens is 351 g/mol. The van der Waals surface area contributed by atoms with Crippen LogP contribution in [0.15, 0.2) is 12.4 Å². The Balaban J connectivity index is 1.54. The number of aromatic nitrogens is 2. The Kier molecular flexibility index (Phi) is 5.61. The number of anilines is 1. The van der Waals surface area contributed by atoms with E-state index in [0.29, 0.717) is 39.2 Å². The molecule has 3 rings (SSSR count). The van der Waals surface area contributed by atoms with E-state index in [1.54, 1.807) is 0 Å². The number of ether oxygens (including phenoxy) is 1. The molecule has 0 radical (unpaired) electrons. The average Bonchev–Trinajstić information content (AvgIpc) is 3.00. The minimum Gasteiger partial charge on any atom is -0.367 e. The molecule has 2 aliphatic heterocycles. The minimum absolute atomic E-state index is 0.00248. The summed E-state index contributed by atoms with van der Waals surface area (Å²) in [5, 5.41) is 0. The fraction of sp³-hybridized carbons (Fsp3) is 0.688. The van der Waals surface area contributed by atoms with Crippen molar-refractivity contribution in [1.29, 1.82) is 0 Å². The molecule has 1 unspecified atom stereocenters. The molecule has 2 fully saturated rings. The summed E-state index contributed by atoms with van der Waals surface area (Å²) in [6.45, 7) is 2.60. The van der Waals surface area contributed by atoms with Crippen LogP contribution < -0.4 is 10.6 Å². The zero-order chi connectivity index (χ0) is 18.7. The monoisotopic (exact) mass is 373 g/mol. The standard InChI is InChI=1S/C16H22F3N5O2/c17-16(18,19)11-9-21-15(22-10-11)23-5-1-12(2-6-23)24-7-3-13(14(24)25)26-8-4-20/h9-10,12-13H,1-8,20H2. The first kappa shape index (κ1) is 18.8. The van der Waals surface area contributed by atoms with Crippen LogP contribution in [0.4, 0.5) is 19.1 Å². The third-order valence-corrected chi connectivity index (χ3v) is 4.78. The van der Waals surface area contributed by atoms with Gasteiger partial charge in [0.25, 0.3) is 5.91 Å². The van der Waals surface area contributed by atoms with E-state index in [9.17, 15) is 18.0 Å². The highest BCUT2D eigenvalue weighted by Crippen LogP contribution is 2.29. The topological polar surface area (TPSA) is 84.6 Å². The second-order valence-corrected chi connectivity index (χ2v) is 6.46. The van der Waals surface area contributed by atoms with Gasteiger partial charge in [-0.25, -0.2) is 9.97 Å². The van der Waals surface area contributed by atoms with Crippen LogP contribution in [-0.4, -0.2) is 65.7 Å². The van der Waals surface area contributed by atoms with Gasteiger partial charge in [-0.2, -0.15) is 13.2 Å². The molecule has 7 nitrogen and oxygen atoms in total. The van der Waals surface area contributed by atoms with E-state index in [-0.39, 0.29) is 17.9 Å². The Morgan fingerprint density at radius 3 is 2.38 bits per heavy atom. The lowest BCUT2D eigenvalue weighted by atomic mass is 10.0. The van der Waals surface area contributed by atoms with Crippen molar-refractivity contribution in [2.24, 2.45) is 5.73 Å². The highest BCUT2D eigenvalue weighted by molar-refractivity contribution is 5.83. The molecule has 26 heavy (non-hydrogen) atoms. The highest BCUT2D eigenvalue weighted by Gasteiger charge is 2.38. The molecule has 2 aliphatic rings. The second kappa shape index (κ2) is 7.75. The van der Waals surface area contributed by atoms with Crippen molar-refractivity contribution in [3.63, 3.8) is 0 Å². The smallest absolute Gasteiger partial charge is 0.367 e. The van der Waals surface area contributed by atoms with Crippen molar-refractivity contribution in [3.8, 4) is 0 Å². The number of carbonyl (C=O) groups excluding carboxylic acids is 1. The van der Waals surface area contributed by atoms with Crippen molar-refractivity contribution >= 4 is 11.9 Å². The van der Waals surface area contributed by atoms with Gasteiger partial charge in [0.2, 0.25) is 5.95 Å². The number of hydrogen-bond donors (Lipinski definition) is 1. The Morgan fingerprint density at radius 1 is 1.15 bits per heavy atom. The van der Waals surface area contributed by atoms with Gasteiger partial charge in [-0.15, -0.1) is 0 Å². The quantitative estimate of drug-likeness (QED) is 0.830. The van der Waals surface area contributed by atoms with Gasteiger partial charge in [0.05, 0.1) is 12.2 Å². The molecule has 0 bridgehead atoms. The molecule has 144 valence electrons. The molecule has 0 spiro atoms. The first-order valence-corrected chi connectivity index (χ1v) is 8.66. The summed E-state index contributed by atoms with van der Waals surface area (Å²) in [7, 11) is 0. The van der Waals surface area contributed by atoms with Crippen LogP contribution in [0.1, 0.15) is 24.8 Å². The van der Waals surface area contributed by atoms with Crippen LogP contribution in [0.2, 0.25) is 0 Å². The molecule has 2 saturated heterocycles. The van der Waals surface area contributed by atoms with Crippen LogP contribution in [0.5, 0.6) is 0 Å². The number of likely N-dealkylation sites (tertiary alicyclic amines) is 1. The van der Waals surface area contributed by atoms with Crippen molar-refractivity contribution in [1.82, 2.24) is 14.9 Å². The molecular formula is C16H22F3N5O2. The number of piperidine rings is 1. The van der Waals surface area contributed by atoms with E-state index >= 15 is 0 Å². The number of nitrogens with two attached hydrogens (primary N) is 1. The second-order valence-electron chi connectivity index (χ2n) is 6.46. The van der Waals surface area contributed by atoms with E-state index in [0.717, 1.165) is 25.2 Å². The van der Waals surface area contributed by atoms with Gasteiger partial charge in [-0.05, 0) is 12.8 Å². The minimum atomic E-state index is -4.44. The summed E-state index contributed by atoms with van der Waals surface area (Å²) < 4.78 is 43.2. The molecule has 0 aromatic carbocycles. The van der Waals surface area contributed by atoms with E-state index in [2.05, 4.69) is 9.97 Å². The Labute approximate surface area is 149 Å². The zero-order valence-corrected chi connectivity index (χ0v) is 14.3. The maximum Gasteiger partial charge on any atom is 0.419 e. The average molecular weight is 373 g/mol. The van der Waals surface area contributed by atoms with Gasteiger partial charge in [-0.1, -0.05) is 0 Å². The number of rotatable bonds is 5. The zero-order valence-electron chi connectivity index (χ0n) is 14.3. The predicted octanol–water partition coefficient (Wildman–Crippen LogP) is 1.04. The van der Waals surface area contributed by atoms with Crippen LogP contribution >= 0.6 is 0 Å². The predicted molar refractivity (Wildman–Crippen MR) is 87.4 cm³/mol. The summed E-state index contributed by atoms with van der Waals surface area (Å²) in [6.07, 6.45) is -1.13.